The van der Waals surface area contributed by atoms with E-state index in [4.69, 9.17) is 21.1 Å². The summed E-state index contributed by atoms with van der Waals surface area (Å²) >= 11 is 5.54. The normalized spacial score (nSPS) is 17.0. The smallest absolute Gasteiger partial charge is 0.211 e. The third-order valence-electron chi connectivity index (χ3n) is 6.71. The molecule has 2 amide bonds. The van der Waals surface area contributed by atoms with E-state index in [2.05, 4.69) is 48.0 Å². The number of hydrogen-bond donors (Lipinski definition) is 2. The van der Waals surface area contributed by atoms with Crippen molar-refractivity contribution in [1.29, 1.82) is 0 Å². The number of rotatable bonds is 6. The Morgan fingerprint density at radius 2 is 1.79 bits per heavy atom. The van der Waals surface area contributed by atoms with E-state index < -0.39 is 0 Å². The highest BCUT2D eigenvalue weighted by Crippen LogP contribution is 2.25. The Hall–Kier alpha value is -2.81. The average molecular weight is 563 g/mol. The molecule has 0 bridgehead atoms. The number of benzene rings is 1. The molecule has 2 fully saturated rings. The van der Waals surface area contributed by atoms with Crippen LogP contribution in [0.3, 0.4) is 0 Å². The summed E-state index contributed by atoms with van der Waals surface area (Å²) in [5, 5.41) is 11.6. The Bertz CT molecular complexity index is 938. The zero-order valence-corrected chi connectivity index (χ0v) is 24.9. The van der Waals surface area contributed by atoms with E-state index in [0.717, 1.165) is 38.5 Å². The molecule has 1 unspecified atom stereocenters. The van der Waals surface area contributed by atoms with Gasteiger partial charge in [-0.15, -0.1) is 0 Å². The number of piperidine rings is 1. The van der Waals surface area contributed by atoms with Gasteiger partial charge in [0.15, 0.2) is 0 Å². The van der Waals surface area contributed by atoms with Gasteiger partial charge in [-0.3, -0.25) is 14.5 Å². The Balaban J connectivity index is 0.000000268. The van der Waals surface area contributed by atoms with Gasteiger partial charge < -0.3 is 24.6 Å². The number of furan rings is 1. The summed E-state index contributed by atoms with van der Waals surface area (Å²) in [5.41, 5.74) is 1.73. The van der Waals surface area contributed by atoms with Crippen molar-refractivity contribution in [3.05, 3.63) is 59.5 Å². The fraction of sp³-hybridized carbons (Fsp3) is 0.533. The molecule has 2 aliphatic rings. The third kappa shape index (κ3) is 14.8. The van der Waals surface area contributed by atoms with Gasteiger partial charge in [-0.2, -0.15) is 0 Å². The summed E-state index contributed by atoms with van der Waals surface area (Å²) in [7, 11) is 0. The number of likely N-dealkylation sites (tertiary alicyclic amines) is 1. The molecule has 9 heteroatoms. The second-order valence-electron chi connectivity index (χ2n) is 9.79. The van der Waals surface area contributed by atoms with Crippen molar-refractivity contribution in [1.82, 2.24) is 14.7 Å². The molecule has 39 heavy (non-hydrogen) atoms. The monoisotopic (exact) mass is 562 g/mol. The molecule has 0 aliphatic carbocycles. The lowest BCUT2D eigenvalue weighted by Gasteiger charge is -2.35. The van der Waals surface area contributed by atoms with E-state index >= 15 is 0 Å². The first-order valence-corrected chi connectivity index (χ1v) is 14.1. The lowest BCUT2D eigenvalue weighted by molar-refractivity contribution is -0.119. The maximum absolute atomic E-state index is 10.5. The quantitative estimate of drug-likeness (QED) is 0.268. The van der Waals surface area contributed by atoms with Gasteiger partial charge in [0.1, 0.15) is 5.75 Å². The first-order valence-electron chi connectivity index (χ1n) is 13.7. The van der Waals surface area contributed by atoms with Crippen LogP contribution in [0, 0.1) is 12.8 Å². The summed E-state index contributed by atoms with van der Waals surface area (Å²) in [6.45, 7) is 18.4. The zero-order chi connectivity index (χ0) is 29.0. The fourth-order valence-corrected chi connectivity index (χ4v) is 4.21. The molecular formula is C30H47ClN4O4. The summed E-state index contributed by atoms with van der Waals surface area (Å²) in [6, 6.07) is 6.84. The van der Waals surface area contributed by atoms with E-state index in [-0.39, 0.29) is 10.8 Å². The van der Waals surface area contributed by atoms with Gasteiger partial charge in [-0.05, 0) is 89.0 Å². The van der Waals surface area contributed by atoms with E-state index in [1.165, 1.54) is 50.2 Å². The number of phenols is 1. The molecular weight excluding hydrogens is 516 g/mol. The number of anilines is 1. The molecule has 2 saturated heterocycles. The van der Waals surface area contributed by atoms with Crippen LogP contribution in [-0.4, -0.2) is 84.5 Å². The molecule has 1 aromatic heterocycles. The molecule has 0 saturated carbocycles. The van der Waals surface area contributed by atoms with E-state index in [1.54, 1.807) is 18.6 Å². The number of halogens is 1. The molecule has 2 aromatic rings. The van der Waals surface area contributed by atoms with Crippen LogP contribution < -0.4 is 5.32 Å². The number of nitrogens with zero attached hydrogens (tertiary/aromatic N) is 3. The van der Waals surface area contributed by atoms with Gasteiger partial charge in [0.2, 0.25) is 12.8 Å². The number of amides is 2. The number of aromatic hydroxyl groups is 1. The predicted molar refractivity (Wildman–Crippen MR) is 160 cm³/mol. The number of allylic oxidation sites excluding steroid dienone is 1. The van der Waals surface area contributed by atoms with Gasteiger partial charge in [0, 0.05) is 37.9 Å². The Morgan fingerprint density at radius 3 is 2.23 bits per heavy atom. The SMILES string of the molecule is C/C=C\C(C)N1CCN(C=O)CC1.CCN1CCC(C)CC1.Cc1ccoc1.O=CNc1ccc(O)c(Cl)c1. The maximum Gasteiger partial charge on any atom is 0.211 e. The molecule has 0 spiro atoms. The van der Waals surface area contributed by atoms with Crippen molar-refractivity contribution >= 4 is 30.1 Å². The van der Waals surface area contributed by atoms with Crippen molar-refractivity contribution in [2.75, 3.05) is 51.1 Å². The number of aryl methyl sites for hydroxylation is 1. The standard InChI is InChI=1S/C10H18N2O.C8H17N.C7H6ClNO2.C5H6O/c1-3-4-10(2)12-7-5-11(9-13)6-8-12;1-3-9-6-4-8(2)5-7-9;8-6-3-5(9-4-10)1-2-7(6)11;1-5-2-3-6-4-5/h3-4,9-10H,5-8H2,1-2H3;8H,3-7H2,1-2H3;1-4,11H,(H,9,10);2-4H,1H3/b4-3-;;;. The van der Waals surface area contributed by atoms with Crippen LogP contribution in [-0.2, 0) is 9.59 Å². The summed E-state index contributed by atoms with van der Waals surface area (Å²) in [6.07, 6.45) is 11.9. The van der Waals surface area contributed by atoms with Crippen LogP contribution in [0.5, 0.6) is 5.75 Å². The molecule has 0 radical (unpaired) electrons. The third-order valence-corrected chi connectivity index (χ3v) is 7.01. The van der Waals surface area contributed by atoms with E-state index in [1.807, 2.05) is 24.8 Å². The second-order valence-corrected chi connectivity index (χ2v) is 10.2. The largest absolute Gasteiger partial charge is 0.506 e. The van der Waals surface area contributed by atoms with Crippen LogP contribution in [0.15, 0.2) is 53.4 Å². The van der Waals surface area contributed by atoms with Crippen molar-refractivity contribution in [3.63, 3.8) is 0 Å². The Kier molecular flexibility index (Phi) is 17.7. The molecule has 4 rings (SSSR count). The highest BCUT2D eigenvalue weighted by Gasteiger charge is 2.18. The van der Waals surface area contributed by atoms with Crippen molar-refractivity contribution < 1.29 is 19.1 Å². The van der Waals surface area contributed by atoms with Gasteiger partial charge in [0.05, 0.1) is 17.5 Å². The van der Waals surface area contributed by atoms with Crippen LogP contribution in [0.25, 0.3) is 0 Å². The molecule has 1 aromatic carbocycles. The molecule has 8 nitrogen and oxygen atoms in total. The van der Waals surface area contributed by atoms with Crippen molar-refractivity contribution in [2.24, 2.45) is 5.92 Å². The minimum Gasteiger partial charge on any atom is -0.506 e. The van der Waals surface area contributed by atoms with Gasteiger partial charge >= 0.3 is 0 Å². The minimum absolute atomic E-state index is 0.00288. The first-order chi connectivity index (χ1) is 18.7. The number of carbonyl (C=O) groups is 2. The number of carbonyl (C=O) groups excluding carboxylic acids is 2. The summed E-state index contributed by atoms with van der Waals surface area (Å²) in [5.74, 6) is 0.982. The molecule has 2 aliphatic heterocycles. The zero-order valence-electron chi connectivity index (χ0n) is 24.2. The highest BCUT2D eigenvalue weighted by atomic mass is 35.5. The van der Waals surface area contributed by atoms with Gasteiger partial charge in [0.25, 0.3) is 0 Å². The van der Waals surface area contributed by atoms with Crippen LogP contribution in [0.2, 0.25) is 5.02 Å². The van der Waals surface area contributed by atoms with Crippen molar-refractivity contribution in [3.8, 4) is 5.75 Å². The molecule has 2 N–H and O–H groups in total. The summed E-state index contributed by atoms with van der Waals surface area (Å²) < 4.78 is 4.71. The van der Waals surface area contributed by atoms with Crippen LogP contribution >= 0.6 is 11.6 Å². The topological polar surface area (TPSA) is 89.3 Å². The molecule has 3 heterocycles. The lowest BCUT2D eigenvalue weighted by Crippen LogP contribution is -2.48. The van der Waals surface area contributed by atoms with Crippen LogP contribution in [0.1, 0.15) is 46.1 Å². The fourth-order valence-electron chi connectivity index (χ4n) is 4.03. The number of nitrogens with one attached hydrogen (secondary N) is 1. The summed E-state index contributed by atoms with van der Waals surface area (Å²) in [4.78, 5) is 27.2. The van der Waals surface area contributed by atoms with E-state index in [9.17, 15) is 9.59 Å². The Labute approximate surface area is 239 Å². The van der Waals surface area contributed by atoms with E-state index in [0.29, 0.717) is 18.1 Å². The highest BCUT2D eigenvalue weighted by molar-refractivity contribution is 6.32. The molecule has 1 atom stereocenters. The number of hydrogen-bond acceptors (Lipinski definition) is 6. The predicted octanol–water partition coefficient (Wildman–Crippen LogP) is 5.67. The van der Waals surface area contributed by atoms with Crippen molar-refractivity contribution in [2.45, 2.75) is 53.5 Å². The first kappa shape index (κ1) is 34.2. The average Bonchev–Trinajstić information content (AvgIpc) is 3.43. The second kappa shape index (κ2) is 20.1. The maximum atomic E-state index is 10.5. The molecule has 218 valence electrons. The number of phenolic OH excluding ortho intramolecular Hbond substituents is 1. The van der Waals surface area contributed by atoms with Crippen LogP contribution in [0.4, 0.5) is 5.69 Å². The van der Waals surface area contributed by atoms with Gasteiger partial charge in [-0.1, -0.05) is 37.6 Å². The minimum atomic E-state index is 0.00288. The lowest BCUT2D eigenvalue weighted by atomic mass is 9.99. The van der Waals surface area contributed by atoms with Gasteiger partial charge in [-0.25, -0.2) is 0 Å². The Morgan fingerprint density at radius 1 is 1.13 bits per heavy atom. The number of piperazine rings is 1.